The highest BCUT2D eigenvalue weighted by Crippen LogP contribution is 2.34. The maximum Gasteiger partial charge on any atom is 0.264 e. The zero-order valence-electron chi connectivity index (χ0n) is 8.38. The van der Waals surface area contributed by atoms with E-state index in [1.807, 2.05) is 11.0 Å². The second-order valence-corrected chi connectivity index (χ2v) is 7.55. The van der Waals surface area contributed by atoms with Crippen LogP contribution in [0.3, 0.4) is 0 Å². The Morgan fingerprint density at radius 1 is 1.56 bits per heavy atom. The van der Waals surface area contributed by atoms with Crippen LogP contribution in [0.15, 0.2) is 14.3 Å². The third-order valence-electron chi connectivity index (χ3n) is 2.67. The zero-order chi connectivity index (χ0) is 11.7. The Hall–Kier alpha value is 0.610. The standard InChI is InChI=1S/C10H10Br3NOS/c11-5-6-2-1-3-14(6)10(15)8-4-7(12)9(13)16-8/h4,6H,1-3,5H2. The van der Waals surface area contributed by atoms with E-state index >= 15 is 0 Å². The van der Waals surface area contributed by atoms with Gasteiger partial charge in [0.05, 0.1) is 8.66 Å². The first-order chi connectivity index (χ1) is 7.63. The first-order valence-corrected chi connectivity index (χ1v) is 8.47. The molecule has 1 unspecified atom stereocenters. The van der Waals surface area contributed by atoms with Crippen molar-refractivity contribution in [3.63, 3.8) is 0 Å². The van der Waals surface area contributed by atoms with Crippen molar-refractivity contribution in [1.82, 2.24) is 4.90 Å². The Bertz CT molecular complexity index is 387. The van der Waals surface area contributed by atoms with Gasteiger partial charge in [-0.25, -0.2) is 0 Å². The van der Waals surface area contributed by atoms with E-state index < -0.39 is 0 Å². The molecule has 1 aromatic rings. The molecule has 1 atom stereocenters. The molecular weight excluding hydrogens is 422 g/mol. The van der Waals surface area contributed by atoms with Crippen molar-refractivity contribution in [2.75, 3.05) is 11.9 Å². The van der Waals surface area contributed by atoms with Gasteiger partial charge in [0.25, 0.3) is 5.91 Å². The fraction of sp³-hybridized carbons (Fsp3) is 0.500. The Morgan fingerprint density at radius 3 is 2.88 bits per heavy atom. The minimum absolute atomic E-state index is 0.151. The van der Waals surface area contributed by atoms with Crippen molar-refractivity contribution in [1.29, 1.82) is 0 Å². The highest BCUT2D eigenvalue weighted by Gasteiger charge is 2.29. The van der Waals surface area contributed by atoms with Gasteiger partial charge in [-0.2, -0.15) is 0 Å². The van der Waals surface area contributed by atoms with Crippen LogP contribution >= 0.6 is 59.1 Å². The van der Waals surface area contributed by atoms with Crippen molar-refractivity contribution < 1.29 is 4.79 Å². The Labute approximate surface area is 124 Å². The number of nitrogens with zero attached hydrogens (tertiary/aromatic N) is 1. The van der Waals surface area contributed by atoms with Crippen molar-refractivity contribution in [2.24, 2.45) is 0 Å². The average Bonchev–Trinajstić information content (AvgIpc) is 2.85. The molecule has 88 valence electrons. The molecule has 2 nitrogen and oxygen atoms in total. The molecule has 16 heavy (non-hydrogen) atoms. The van der Waals surface area contributed by atoms with Gasteiger partial charge < -0.3 is 4.90 Å². The molecule has 0 aromatic carbocycles. The molecule has 1 aliphatic heterocycles. The summed E-state index contributed by atoms with van der Waals surface area (Å²) in [4.78, 5) is 15.0. The lowest BCUT2D eigenvalue weighted by atomic mass is 10.2. The lowest BCUT2D eigenvalue weighted by Gasteiger charge is -2.22. The largest absolute Gasteiger partial charge is 0.334 e. The normalized spacial score (nSPS) is 20.4. The van der Waals surface area contributed by atoms with Crippen LogP contribution in [-0.4, -0.2) is 28.7 Å². The van der Waals surface area contributed by atoms with Gasteiger partial charge in [0.1, 0.15) is 0 Å². The van der Waals surface area contributed by atoms with E-state index in [1.165, 1.54) is 11.3 Å². The molecule has 0 N–H and O–H groups in total. The number of rotatable bonds is 2. The van der Waals surface area contributed by atoms with Crippen LogP contribution in [-0.2, 0) is 0 Å². The minimum Gasteiger partial charge on any atom is -0.334 e. The molecule has 0 aliphatic carbocycles. The van der Waals surface area contributed by atoms with Gasteiger partial charge >= 0.3 is 0 Å². The predicted molar refractivity (Wildman–Crippen MR) is 77.6 cm³/mol. The molecule has 1 aliphatic rings. The van der Waals surface area contributed by atoms with Gasteiger partial charge in [-0.05, 0) is 50.8 Å². The highest BCUT2D eigenvalue weighted by molar-refractivity contribution is 9.13. The Kier molecular flexibility index (Phi) is 4.49. The first kappa shape index (κ1) is 13.1. The van der Waals surface area contributed by atoms with Crippen LogP contribution in [0, 0.1) is 0 Å². The number of alkyl halides is 1. The Balaban J connectivity index is 2.18. The van der Waals surface area contributed by atoms with E-state index in [1.54, 1.807) is 0 Å². The highest BCUT2D eigenvalue weighted by atomic mass is 79.9. The van der Waals surface area contributed by atoms with Crippen LogP contribution in [0.2, 0.25) is 0 Å². The van der Waals surface area contributed by atoms with Gasteiger partial charge in [-0.1, -0.05) is 15.9 Å². The number of carbonyl (C=O) groups excluding carboxylic acids is 1. The van der Waals surface area contributed by atoms with Crippen molar-refractivity contribution in [2.45, 2.75) is 18.9 Å². The topological polar surface area (TPSA) is 20.3 Å². The third kappa shape index (κ3) is 2.54. The van der Waals surface area contributed by atoms with Crippen molar-refractivity contribution in [3.8, 4) is 0 Å². The first-order valence-electron chi connectivity index (χ1n) is 4.95. The minimum atomic E-state index is 0.151. The molecule has 1 saturated heterocycles. The summed E-state index contributed by atoms with van der Waals surface area (Å²) in [6.07, 6.45) is 2.21. The van der Waals surface area contributed by atoms with Gasteiger partial charge in [-0.15, -0.1) is 11.3 Å². The van der Waals surface area contributed by atoms with Gasteiger partial charge in [-0.3, -0.25) is 4.79 Å². The maximum absolute atomic E-state index is 12.3. The molecule has 6 heteroatoms. The lowest BCUT2D eigenvalue weighted by molar-refractivity contribution is 0.0755. The number of thiophene rings is 1. The summed E-state index contributed by atoms with van der Waals surface area (Å²) in [5.74, 6) is 0.151. The summed E-state index contributed by atoms with van der Waals surface area (Å²) in [5, 5.41) is 0.868. The monoisotopic (exact) mass is 429 g/mol. The second kappa shape index (κ2) is 5.50. The van der Waals surface area contributed by atoms with Crippen molar-refractivity contribution in [3.05, 3.63) is 19.2 Å². The molecule has 2 heterocycles. The number of halogens is 3. The fourth-order valence-electron chi connectivity index (χ4n) is 1.86. The fourth-order valence-corrected chi connectivity index (χ4v) is 4.52. The quantitative estimate of drug-likeness (QED) is 0.640. The smallest absolute Gasteiger partial charge is 0.264 e. The molecule has 2 rings (SSSR count). The molecule has 0 saturated carbocycles. The van der Waals surface area contributed by atoms with Crippen LogP contribution in [0.25, 0.3) is 0 Å². The van der Waals surface area contributed by atoms with E-state index in [4.69, 9.17) is 0 Å². The van der Waals surface area contributed by atoms with Crippen LogP contribution in [0.5, 0.6) is 0 Å². The van der Waals surface area contributed by atoms with E-state index in [-0.39, 0.29) is 5.91 Å². The SMILES string of the molecule is O=C(c1cc(Br)c(Br)s1)N1CCCC1CBr. The summed E-state index contributed by atoms with van der Waals surface area (Å²) in [6.45, 7) is 0.877. The molecule has 1 aromatic heterocycles. The van der Waals surface area contributed by atoms with Crippen LogP contribution in [0.4, 0.5) is 0 Å². The number of likely N-dealkylation sites (tertiary alicyclic amines) is 1. The van der Waals surface area contributed by atoms with Gasteiger partial charge in [0, 0.05) is 22.4 Å². The summed E-state index contributed by atoms with van der Waals surface area (Å²) in [7, 11) is 0. The van der Waals surface area contributed by atoms with E-state index in [2.05, 4.69) is 47.8 Å². The van der Waals surface area contributed by atoms with Gasteiger partial charge in [0.2, 0.25) is 0 Å². The molecule has 1 amide bonds. The molecule has 0 bridgehead atoms. The maximum atomic E-state index is 12.3. The van der Waals surface area contributed by atoms with Crippen LogP contribution in [0.1, 0.15) is 22.5 Å². The average molecular weight is 432 g/mol. The molecular formula is C10H10Br3NOS. The number of amides is 1. The number of hydrogen-bond donors (Lipinski definition) is 0. The second-order valence-electron chi connectivity index (χ2n) is 3.68. The van der Waals surface area contributed by atoms with Crippen LogP contribution < -0.4 is 0 Å². The van der Waals surface area contributed by atoms with E-state index in [0.29, 0.717) is 6.04 Å². The number of hydrogen-bond acceptors (Lipinski definition) is 2. The summed E-state index contributed by atoms with van der Waals surface area (Å²) in [5.41, 5.74) is 0. The summed E-state index contributed by atoms with van der Waals surface area (Å²) < 4.78 is 1.93. The van der Waals surface area contributed by atoms with E-state index in [0.717, 1.165) is 37.9 Å². The predicted octanol–water partition coefficient (Wildman–Crippen LogP) is 4.27. The Morgan fingerprint density at radius 2 is 2.31 bits per heavy atom. The van der Waals surface area contributed by atoms with Crippen molar-refractivity contribution >= 4 is 65.0 Å². The van der Waals surface area contributed by atoms with E-state index in [9.17, 15) is 4.79 Å². The van der Waals surface area contributed by atoms with Gasteiger partial charge in [0.15, 0.2) is 0 Å². The zero-order valence-corrected chi connectivity index (χ0v) is 14.0. The molecule has 1 fully saturated rings. The molecule has 0 spiro atoms. The third-order valence-corrected chi connectivity index (χ3v) is 6.66. The summed E-state index contributed by atoms with van der Waals surface area (Å²) >= 11 is 11.8. The molecule has 0 radical (unpaired) electrons. The number of carbonyl (C=O) groups is 1. The lowest BCUT2D eigenvalue weighted by Crippen LogP contribution is -2.35. The summed E-state index contributed by atoms with van der Waals surface area (Å²) in [6, 6.07) is 2.24.